The van der Waals surface area contributed by atoms with Crippen molar-refractivity contribution in [2.45, 2.75) is 19.3 Å². The first-order valence-electron chi connectivity index (χ1n) is 10.3. The van der Waals surface area contributed by atoms with Crippen molar-refractivity contribution in [2.24, 2.45) is 0 Å². The molecule has 0 aromatic heterocycles. The minimum Gasteiger partial charge on any atom is -0.507 e. The second-order valence-corrected chi connectivity index (χ2v) is 7.52. The molecule has 0 radical (unpaired) electrons. The summed E-state index contributed by atoms with van der Waals surface area (Å²) in [4.78, 5) is 11.1. The van der Waals surface area contributed by atoms with Gasteiger partial charge in [-0.3, -0.25) is 0 Å². The summed E-state index contributed by atoms with van der Waals surface area (Å²) in [5.74, 6) is -0.120. The van der Waals surface area contributed by atoms with Crippen LogP contribution in [-0.2, 0) is 16.0 Å². The quantitative estimate of drug-likeness (QED) is 0.218. The molecule has 0 heterocycles. The topological polar surface area (TPSA) is 66.8 Å². The minimum atomic E-state index is -0.394. The third-order valence-corrected chi connectivity index (χ3v) is 5.49. The summed E-state index contributed by atoms with van der Waals surface area (Å²) in [6, 6.07) is 21.1. The van der Waals surface area contributed by atoms with E-state index in [0.717, 1.165) is 40.8 Å². The summed E-state index contributed by atoms with van der Waals surface area (Å²) >= 11 is 0. The highest BCUT2D eigenvalue weighted by atomic mass is 16.5. The van der Waals surface area contributed by atoms with Crippen LogP contribution in [0.1, 0.15) is 18.4 Å². The lowest BCUT2D eigenvalue weighted by atomic mass is 9.91. The number of fused-ring (bicyclic) bond motifs is 2. The van der Waals surface area contributed by atoms with Crippen molar-refractivity contribution in [3.05, 3.63) is 84.9 Å². The summed E-state index contributed by atoms with van der Waals surface area (Å²) in [6.07, 6.45) is 3.70. The number of benzene rings is 4. The molecule has 0 aliphatic rings. The highest BCUT2D eigenvalue weighted by Gasteiger charge is 2.16. The number of hydrogen-bond acceptors (Lipinski definition) is 4. The predicted octanol–water partition coefficient (Wildman–Crippen LogP) is 6.12. The van der Waals surface area contributed by atoms with Gasteiger partial charge in [0.15, 0.2) is 0 Å². The number of ether oxygens (including phenoxy) is 1. The van der Waals surface area contributed by atoms with Crippen molar-refractivity contribution in [1.82, 2.24) is 0 Å². The van der Waals surface area contributed by atoms with E-state index in [9.17, 15) is 15.0 Å². The maximum absolute atomic E-state index is 11.1. The van der Waals surface area contributed by atoms with E-state index in [1.165, 1.54) is 11.6 Å². The van der Waals surface area contributed by atoms with E-state index in [4.69, 9.17) is 4.74 Å². The molecule has 0 saturated heterocycles. The normalized spacial score (nSPS) is 11.0. The van der Waals surface area contributed by atoms with E-state index in [1.807, 2.05) is 48.5 Å². The smallest absolute Gasteiger partial charge is 0.330 e. The van der Waals surface area contributed by atoms with E-state index in [-0.39, 0.29) is 11.5 Å². The average molecular weight is 412 g/mol. The second kappa shape index (κ2) is 8.92. The summed E-state index contributed by atoms with van der Waals surface area (Å²) in [5.41, 5.74) is 2.44. The van der Waals surface area contributed by atoms with Crippen molar-refractivity contribution >= 4 is 27.5 Å². The number of aryl methyl sites for hydroxylation is 1. The number of esters is 1. The van der Waals surface area contributed by atoms with Crippen molar-refractivity contribution < 1.29 is 19.7 Å². The number of hydrogen-bond donors (Lipinski definition) is 2. The van der Waals surface area contributed by atoms with Gasteiger partial charge < -0.3 is 14.9 Å². The molecule has 31 heavy (non-hydrogen) atoms. The van der Waals surface area contributed by atoms with Gasteiger partial charge in [0.25, 0.3) is 0 Å². The van der Waals surface area contributed by atoms with Gasteiger partial charge in [0.2, 0.25) is 0 Å². The van der Waals surface area contributed by atoms with Crippen LogP contribution in [0.2, 0.25) is 0 Å². The Morgan fingerprint density at radius 3 is 2.26 bits per heavy atom. The minimum absolute atomic E-state index is 0.135. The molecule has 0 spiro atoms. The van der Waals surface area contributed by atoms with Crippen LogP contribution >= 0.6 is 0 Å². The van der Waals surface area contributed by atoms with Gasteiger partial charge >= 0.3 is 5.97 Å². The predicted molar refractivity (Wildman–Crippen MR) is 124 cm³/mol. The number of aromatic hydroxyl groups is 2. The number of unbranched alkanes of at least 4 members (excludes halogenated alkanes) is 1. The largest absolute Gasteiger partial charge is 0.507 e. The fourth-order valence-electron chi connectivity index (χ4n) is 3.97. The molecule has 0 atom stereocenters. The second-order valence-electron chi connectivity index (χ2n) is 7.52. The lowest BCUT2D eigenvalue weighted by Crippen LogP contribution is -2.02. The van der Waals surface area contributed by atoms with Gasteiger partial charge in [-0.1, -0.05) is 61.2 Å². The Balaban J connectivity index is 1.66. The summed E-state index contributed by atoms with van der Waals surface area (Å²) in [5, 5.41) is 25.2. The van der Waals surface area contributed by atoms with Crippen molar-refractivity contribution in [3.63, 3.8) is 0 Å². The first kappa shape index (κ1) is 20.5. The van der Waals surface area contributed by atoms with Crippen LogP contribution in [0.25, 0.3) is 32.7 Å². The molecule has 4 rings (SSSR count). The Bertz CT molecular complexity index is 1270. The van der Waals surface area contributed by atoms with Gasteiger partial charge in [0.1, 0.15) is 11.5 Å². The average Bonchev–Trinajstić information content (AvgIpc) is 2.79. The van der Waals surface area contributed by atoms with Crippen molar-refractivity contribution in [1.29, 1.82) is 0 Å². The van der Waals surface area contributed by atoms with E-state index in [0.29, 0.717) is 17.7 Å². The van der Waals surface area contributed by atoms with Crippen LogP contribution in [0.5, 0.6) is 11.5 Å². The molecule has 4 aromatic rings. The molecule has 0 aliphatic heterocycles. The molecular weight excluding hydrogens is 388 g/mol. The summed E-state index contributed by atoms with van der Waals surface area (Å²) in [7, 11) is 0. The summed E-state index contributed by atoms with van der Waals surface area (Å²) < 4.78 is 5.02. The highest BCUT2D eigenvalue weighted by Crippen LogP contribution is 2.44. The van der Waals surface area contributed by atoms with Gasteiger partial charge in [-0.15, -0.1) is 0 Å². The number of rotatable bonds is 7. The molecule has 0 fully saturated rings. The maximum atomic E-state index is 11.1. The number of carbonyl (C=O) groups is 1. The van der Waals surface area contributed by atoms with Crippen LogP contribution in [0.4, 0.5) is 0 Å². The van der Waals surface area contributed by atoms with E-state index in [2.05, 4.69) is 12.6 Å². The van der Waals surface area contributed by atoms with Gasteiger partial charge in [-0.2, -0.15) is 0 Å². The molecule has 4 aromatic carbocycles. The standard InChI is InChI=1S/C27H24O4/c1-2-25(30)31-16-6-5-7-18-10-13-22-20(17-18)12-15-24(29)27(22)26-21-9-4-3-8-19(21)11-14-23(26)28/h2-4,8-15,17,28-29H,1,5-7,16H2. The monoisotopic (exact) mass is 412 g/mol. The van der Waals surface area contributed by atoms with Gasteiger partial charge in [0, 0.05) is 17.2 Å². The fourth-order valence-corrected chi connectivity index (χ4v) is 3.97. The van der Waals surface area contributed by atoms with Crippen LogP contribution in [-0.4, -0.2) is 22.8 Å². The molecule has 0 unspecified atom stereocenters. The highest BCUT2D eigenvalue weighted by molar-refractivity contribution is 6.09. The molecule has 0 amide bonds. The van der Waals surface area contributed by atoms with Crippen molar-refractivity contribution in [3.8, 4) is 22.6 Å². The molecular formula is C27H24O4. The van der Waals surface area contributed by atoms with Crippen LogP contribution < -0.4 is 0 Å². The lowest BCUT2D eigenvalue weighted by molar-refractivity contribution is -0.137. The van der Waals surface area contributed by atoms with Crippen LogP contribution in [0.15, 0.2) is 79.4 Å². The number of carbonyl (C=O) groups excluding carboxylic acids is 1. The van der Waals surface area contributed by atoms with Gasteiger partial charge in [0.05, 0.1) is 6.61 Å². The molecule has 4 heteroatoms. The Hall–Kier alpha value is -3.79. The zero-order valence-corrected chi connectivity index (χ0v) is 17.2. The molecule has 2 N–H and O–H groups in total. The fraction of sp³-hybridized carbons (Fsp3) is 0.148. The first-order valence-corrected chi connectivity index (χ1v) is 10.3. The van der Waals surface area contributed by atoms with Crippen molar-refractivity contribution in [2.75, 3.05) is 6.61 Å². The van der Waals surface area contributed by atoms with Gasteiger partial charge in [-0.05, 0) is 58.5 Å². The van der Waals surface area contributed by atoms with Gasteiger partial charge in [-0.25, -0.2) is 4.79 Å². The zero-order chi connectivity index (χ0) is 21.8. The third-order valence-electron chi connectivity index (χ3n) is 5.49. The molecule has 4 nitrogen and oxygen atoms in total. The first-order chi connectivity index (χ1) is 15.1. The maximum Gasteiger partial charge on any atom is 0.330 e. The molecule has 156 valence electrons. The number of phenols is 2. The SMILES string of the molecule is C=CC(=O)OCCCCc1ccc2c(-c3c(O)ccc4ccccc34)c(O)ccc2c1. The van der Waals surface area contributed by atoms with E-state index >= 15 is 0 Å². The Kier molecular flexibility index (Phi) is 5.89. The molecule has 0 saturated carbocycles. The van der Waals surface area contributed by atoms with Crippen LogP contribution in [0, 0.1) is 0 Å². The van der Waals surface area contributed by atoms with Crippen LogP contribution in [0.3, 0.4) is 0 Å². The summed E-state index contributed by atoms with van der Waals surface area (Å²) in [6.45, 7) is 3.77. The number of phenolic OH excluding ortho intramolecular Hbond substituents is 2. The Morgan fingerprint density at radius 1 is 0.839 bits per heavy atom. The Labute approximate surface area is 181 Å². The Morgan fingerprint density at radius 2 is 1.52 bits per heavy atom. The third kappa shape index (κ3) is 4.24. The molecule has 0 bridgehead atoms. The lowest BCUT2D eigenvalue weighted by Gasteiger charge is -2.15. The van der Waals surface area contributed by atoms with E-state index in [1.54, 1.807) is 12.1 Å². The zero-order valence-electron chi connectivity index (χ0n) is 17.2. The molecule has 0 aliphatic carbocycles. The van der Waals surface area contributed by atoms with E-state index < -0.39 is 5.97 Å².